The highest BCUT2D eigenvalue weighted by Gasteiger charge is 2.41. The summed E-state index contributed by atoms with van der Waals surface area (Å²) in [5, 5.41) is 5.98. The number of rotatable bonds is 5. The maximum Gasteiger partial charge on any atom is 0.234 e. The molecule has 160 valence electrons. The number of ether oxygens (including phenoxy) is 1. The molecule has 2 atom stereocenters. The van der Waals surface area contributed by atoms with E-state index in [1.54, 1.807) is 0 Å². The van der Waals surface area contributed by atoms with E-state index >= 15 is 0 Å². The Bertz CT molecular complexity index is 734. The summed E-state index contributed by atoms with van der Waals surface area (Å²) < 4.78 is 19.2. The quantitative estimate of drug-likeness (QED) is 0.761. The first-order chi connectivity index (χ1) is 13.6. The highest BCUT2D eigenvalue weighted by molar-refractivity contribution is 6.30. The fraction of sp³-hybridized carbons (Fsp3) is 0.619. The van der Waals surface area contributed by atoms with Gasteiger partial charge in [0.25, 0.3) is 0 Å². The van der Waals surface area contributed by atoms with Gasteiger partial charge in [0.2, 0.25) is 11.8 Å². The molecule has 2 unspecified atom stereocenters. The Morgan fingerprint density at radius 2 is 1.83 bits per heavy atom. The molecule has 2 aliphatic rings. The summed E-state index contributed by atoms with van der Waals surface area (Å²) in [4.78, 5) is 27.0. The van der Waals surface area contributed by atoms with Crippen LogP contribution in [0, 0.1) is 23.6 Å². The molecule has 1 aromatic carbocycles. The van der Waals surface area contributed by atoms with E-state index in [9.17, 15) is 14.0 Å². The van der Waals surface area contributed by atoms with Crippen molar-refractivity contribution < 1.29 is 18.7 Å². The third-order valence-corrected chi connectivity index (χ3v) is 5.53. The van der Waals surface area contributed by atoms with Crippen LogP contribution in [0.15, 0.2) is 18.2 Å². The van der Waals surface area contributed by atoms with E-state index in [1.165, 1.54) is 18.2 Å². The van der Waals surface area contributed by atoms with Gasteiger partial charge in [0.05, 0.1) is 19.8 Å². The van der Waals surface area contributed by atoms with Crippen molar-refractivity contribution in [3.8, 4) is 0 Å². The van der Waals surface area contributed by atoms with Gasteiger partial charge in [0.15, 0.2) is 0 Å². The van der Waals surface area contributed by atoms with Crippen LogP contribution in [0.1, 0.15) is 27.2 Å². The fourth-order valence-corrected chi connectivity index (χ4v) is 4.51. The van der Waals surface area contributed by atoms with Gasteiger partial charge < -0.3 is 15.4 Å². The molecule has 2 heterocycles. The maximum atomic E-state index is 13.5. The van der Waals surface area contributed by atoms with Crippen LogP contribution in [0.5, 0.6) is 0 Å². The van der Waals surface area contributed by atoms with E-state index in [0.29, 0.717) is 31.9 Å². The van der Waals surface area contributed by atoms with Crippen LogP contribution in [0.25, 0.3) is 0 Å². The Balaban J connectivity index is 1.57. The number of nitrogens with zero attached hydrogens (tertiary/aromatic N) is 1. The Labute approximate surface area is 176 Å². The van der Waals surface area contributed by atoms with Gasteiger partial charge in [-0.05, 0) is 56.7 Å². The molecule has 8 heteroatoms. The van der Waals surface area contributed by atoms with Crippen LogP contribution in [0.4, 0.5) is 10.1 Å². The molecule has 29 heavy (non-hydrogen) atoms. The van der Waals surface area contributed by atoms with Crippen molar-refractivity contribution in [2.75, 3.05) is 38.2 Å². The van der Waals surface area contributed by atoms with Crippen molar-refractivity contribution in [3.63, 3.8) is 0 Å². The largest absolute Gasteiger partial charge is 0.381 e. The molecule has 2 bridgehead atoms. The molecule has 1 aromatic rings. The minimum Gasteiger partial charge on any atom is -0.381 e. The summed E-state index contributed by atoms with van der Waals surface area (Å²) in [6.45, 7) is 8.84. The number of anilines is 1. The lowest BCUT2D eigenvalue weighted by atomic mass is 9.74. The summed E-state index contributed by atoms with van der Waals surface area (Å²) in [6.07, 6.45) is 0.342. The minimum atomic E-state index is -0.486. The van der Waals surface area contributed by atoms with Gasteiger partial charge in [-0.25, -0.2) is 4.39 Å². The number of fused-ring (bicyclic) bond motifs is 2. The average molecular weight is 426 g/mol. The predicted octanol–water partition coefficient (Wildman–Crippen LogP) is 2.92. The van der Waals surface area contributed by atoms with E-state index in [2.05, 4.69) is 15.5 Å². The number of nitrogens with one attached hydrogen (secondary N) is 2. The molecule has 0 aromatic heterocycles. The first-order valence-electron chi connectivity index (χ1n) is 9.96. The number of benzene rings is 1. The zero-order chi connectivity index (χ0) is 21.2. The predicted molar refractivity (Wildman–Crippen MR) is 110 cm³/mol. The van der Waals surface area contributed by atoms with Crippen molar-refractivity contribution in [3.05, 3.63) is 29.0 Å². The molecule has 0 spiro atoms. The molecule has 0 radical (unpaired) electrons. The Kier molecular flexibility index (Phi) is 6.81. The molecule has 2 amide bonds. The number of amides is 2. The Hall–Kier alpha value is -1.70. The molecular formula is C21H29ClFN3O3. The first-order valence-corrected chi connectivity index (χ1v) is 10.3. The van der Waals surface area contributed by atoms with Crippen molar-refractivity contribution in [2.45, 2.75) is 32.7 Å². The monoisotopic (exact) mass is 425 g/mol. The van der Waals surface area contributed by atoms with E-state index < -0.39 is 5.82 Å². The standard InChI is InChI=1S/C21H29ClFN3O3/c1-21(2,3)25-20(28)10-26-8-13-11-29-12-14(9-26)18(13)7-19(27)24-17-5-15(22)4-16(23)6-17/h4-6,13-14,18H,7-12H2,1-3H3,(H,24,27)(H,25,28). The van der Waals surface area contributed by atoms with Crippen molar-refractivity contribution in [1.29, 1.82) is 0 Å². The zero-order valence-electron chi connectivity index (χ0n) is 17.1. The van der Waals surface area contributed by atoms with Gasteiger partial charge in [0, 0.05) is 35.8 Å². The molecule has 0 aliphatic carbocycles. The van der Waals surface area contributed by atoms with Gasteiger partial charge in [-0.2, -0.15) is 0 Å². The SMILES string of the molecule is CC(C)(C)NC(=O)CN1CC2COCC(C1)C2CC(=O)Nc1cc(F)cc(Cl)c1. The number of likely N-dealkylation sites (tertiary alicyclic amines) is 1. The summed E-state index contributed by atoms with van der Waals surface area (Å²) in [6, 6.07) is 3.98. The fourth-order valence-electron chi connectivity index (χ4n) is 4.29. The van der Waals surface area contributed by atoms with E-state index in [0.717, 1.165) is 13.1 Å². The Morgan fingerprint density at radius 3 is 2.41 bits per heavy atom. The van der Waals surface area contributed by atoms with E-state index in [-0.39, 0.29) is 40.1 Å². The topological polar surface area (TPSA) is 70.7 Å². The first kappa shape index (κ1) is 22.0. The van der Waals surface area contributed by atoms with Crippen LogP contribution in [0.3, 0.4) is 0 Å². The average Bonchev–Trinajstić information content (AvgIpc) is 2.52. The molecule has 3 rings (SSSR count). The summed E-state index contributed by atoms with van der Waals surface area (Å²) >= 11 is 5.85. The Morgan fingerprint density at radius 1 is 1.17 bits per heavy atom. The number of piperidine rings is 1. The molecule has 2 aliphatic heterocycles. The molecule has 0 saturated carbocycles. The number of hydrogen-bond acceptors (Lipinski definition) is 4. The van der Waals surface area contributed by atoms with Crippen LogP contribution in [-0.4, -0.2) is 55.1 Å². The summed E-state index contributed by atoms with van der Waals surface area (Å²) in [5.74, 6) is -0.0867. The third kappa shape index (κ3) is 6.39. The van der Waals surface area contributed by atoms with Gasteiger partial charge in [-0.3, -0.25) is 14.5 Å². The molecule has 6 nitrogen and oxygen atoms in total. The lowest BCUT2D eigenvalue weighted by Gasteiger charge is -2.46. The second kappa shape index (κ2) is 8.98. The lowest BCUT2D eigenvalue weighted by Crippen LogP contribution is -2.56. The maximum absolute atomic E-state index is 13.5. The van der Waals surface area contributed by atoms with Gasteiger partial charge in [-0.1, -0.05) is 11.6 Å². The second-order valence-electron chi connectivity index (χ2n) is 9.12. The molecular weight excluding hydrogens is 397 g/mol. The van der Waals surface area contributed by atoms with Crippen LogP contribution < -0.4 is 10.6 Å². The van der Waals surface area contributed by atoms with E-state index in [1.807, 2.05) is 20.8 Å². The van der Waals surface area contributed by atoms with Gasteiger partial charge in [-0.15, -0.1) is 0 Å². The zero-order valence-corrected chi connectivity index (χ0v) is 17.9. The van der Waals surface area contributed by atoms with Crippen LogP contribution in [0.2, 0.25) is 5.02 Å². The van der Waals surface area contributed by atoms with Crippen LogP contribution >= 0.6 is 11.6 Å². The van der Waals surface area contributed by atoms with Crippen LogP contribution in [-0.2, 0) is 14.3 Å². The number of halogens is 2. The molecule has 2 N–H and O–H groups in total. The highest BCUT2D eigenvalue weighted by atomic mass is 35.5. The highest BCUT2D eigenvalue weighted by Crippen LogP contribution is 2.35. The third-order valence-electron chi connectivity index (χ3n) is 5.31. The summed E-state index contributed by atoms with van der Waals surface area (Å²) in [5.41, 5.74) is 0.101. The number of carbonyl (C=O) groups excluding carboxylic acids is 2. The molecule has 2 fully saturated rings. The number of hydrogen-bond donors (Lipinski definition) is 2. The van der Waals surface area contributed by atoms with Crippen molar-refractivity contribution in [2.24, 2.45) is 17.8 Å². The smallest absolute Gasteiger partial charge is 0.234 e. The van der Waals surface area contributed by atoms with Crippen molar-refractivity contribution >= 4 is 29.1 Å². The van der Waals surface area contributed by atoms with Gasteiger partial charge >= 0.3 is 0 Å². The number of carbonyl (C=O) groups is 2. The normalized spacial score (nSPS) is 24.8. The van der Waals surface area contributed by atoms with E-state index in [4.69, 9.17) is 16.3 Å². The lowest BCUT2D eigenvalue weighted by molar-refractivity contribution is -0.131. The minimum absolute atomic E-state index is 0.00988. The van der Waals surface area contributed by atoms with Gasteiger partial charge in [0.1, 0.15) is 5.82 Å². The van der Waals surface area contributed by atoms with Crippen molar-refractivity contribution in [1.82, 2.24) is 10.2 Å². The summed E-state index contributed by atoms with van der Waals surface area (Å²) in [7, 11) is 0. The molecule has 2 saturated heterocycles. The second-order valence-corrected chi connectivity index (χ2v) is 9.56.